The van der Waals surface area contributed by atoms with E-state index in [4.69, 9.17) is 0 Å². The fourth-order valence-electron chi connectivity index (χ4n) is 4.01. The number of nitrogens with one attached hydrogen (secondary N) is 1. The van der Waals surface area contributed by atoms with Gasteiger partial charge in [-0.2, -0.15) is 0 Å². The standard InChI is InChI=1S/C16H27NO2/c1-10(18)15(16(2,3)4)17-14(19)9-13-8-11-5-6-12(13)7-11/h11-13,15H,5-9H2,1-4H3,(H,17,19)/t11?,12?,13-,15-/m1/s1. The molecule has 2 saturated carbocycles. The fraction of sp³-hybridized carbons (Fsp3) is 0.875. The van der Waals surface area contributed by atoms with Crippen molar-refractivity contribution in [2.75, 3.05) is 0 Å². The Morgan fingerprint density at radius 3 is 2.32 bits per heavy atom. The molecular weight excluding hydrogens is 238 g/mol. The average Bonchev–Trinajstić information content (AvgIpc) is 2.85. The maximum Gasteiger partial charge on any atom is 0.220 e. The molecule has 1 N–H and O–H groups in total. The van der Waals surface area contributed by atoms with Crippen molar-refractivity contribution in [1.82, 2.24) is 5.32 Å². The van der Waals surface area contributed by atoms with Gasteiger partial charge in [-0.25, -0.2) is 0 Å². The van der Waals surface area contributed by atoms with Crippen molar-refractivity contribution in [3.05, 3.63) is 0 Å². The number of hydrogen-bond donors (Lipinski definition) is 1. The Morgan fingerprint density at radius 1 is 1.21 bits per heavy atom. The lowest BCUT2D eigenvalue weighted by atomic mass is 9.83. The molecule has 3 nitrogen and oxygen atoms in total. The second kappa shape index (κ2) is 5.26. The van der Waals surface area contributed by atoms with Crippen LogP contribution in [0.2, 0.25) is 0 Å². The maximum absolute atomic E-state index is 12.2. The number of carbonyl (C=O) groups is 2. The van der Waals surface area contributed by atoms with E-state index < -0.39 is 0 Å². The van der Waals surface area contributed by atoms with Gasteiger partial charge in [0.15, 0.2) is 5.78 Å². The summed E-state index contributed by atoms with van der Waals surface area (Å²) in [5.41, 5.74) is -0.212. The second-order valence-corrected chi connectivity index (χ2v) is 7.62. The highest BCUT2D eigenvalue weighted by Crippen LogP contribution is 2.49. The summed E-state index contributed by atoms with van der Waals surface area (Å²) in [7, 11) is 0. The molecule has 0 aromatic heterocycles. The van der Waals surface area contributed by atoms with Gasteiger partial charge >= 0.3 is 0 Å². The Labute approximate surface area is 116 Å². The van der Waals surface area contributed by atoms with Crippen molar-refractivity contribution >= 4 is 11.7 Å². The zero-order valence-electron chi connectivity index (χ0n) is 12.7. The van der Waals surface area contributed by atoms with Crippen LogP contribution >= 0.6 is 0 Å². The highest BCUT2D eigenvalue weighted by Gasteiger charge is 2.40. The molecule has 2 bridgehead atoms. The molecule has 1 amide bonds. The van der Waals surface area contributed by atoms with Crippen LogP contribution in [0.3, 0.4) is 0 Å². The van der Waals surface area contributed by atoms with Crippen LogP contribution in [0.15, 0.2) is 0 Å². The topological polar surface area (TPSA) is 46.2 Å². The molecule has 0 radical (unpaired) electrons. The van der Waals surface area contributed by atoms with E-state index in [1.54, 1.807) is 6.92 Å². The summed E-state index contributed by atoms with van der Waals surface area (Å²) in [5, 5.41) is 2.95. The van der Waals surface area contributed by atoms with E-state index >= 15 is 0 Å². The predicted octanol–water partition coefficient (Wildman–Crippen LogP) is 2.93. The summed E-state index contributed by atoms with van der Waals surface area (Å²) in [6.07, 6.45) is 5.82. The third-order valence-corrected chi connectivity index (χ3v) is 4.91. The number of rotatable bonds is 4. The van der Waals surface area contributed by atoms with Crippen LogP contribution in [0.25, 0.3) is 0 Å². The van der Waals surface area contributed by atoms with Crippen molar-refractivity contribution in [3.63, 3.8) is 0 Å². The summed E-state index contributed by atoms with van der Waals surface area (Å²) in [6, 6.07) is -0.362. The summed E-state index contributed by atoms with van der Waals surface area (Å²) in [6.45, 7) is 7.55. The molecule has 4 atom stereocenters. The van der Waals surface area contributed by atoms with Gasteiger partial charge in [-0.05, 0) is 49.4 Å². The number of carbonyl (C=O) groups excluding carboxylic acids is 2. The van der Waals surface area contributed by atoms with Crippen LogP contribution in [0.1, 0.15) is 59.8 Å². The van der Waals surface area contributed by atoms with E-state index in [1.807, 2.05) is 20.8 Å². The normalized spacial score (nSPS) is 31.3. The summed E-state index contributed by atoms with van der Waals surface area (Å²) in [5.74, 6) is 2.31. The lowest BCUT2D eigenvalue weighted by Gasteiger charge is -2.30. The molecule has 0 spiro atoms. The Balaban J connectivity index is 1.88. The Bertz CT molecular complexity index is 369. The minimum Gasteiger partial charge on any atom is -0.346 e. The quantitative estimate of drug-likeness (QED) is 0.849. The molecular formula is C16H27NO2. The van der Waals surface area contributed by atoms with E-state index in [2.05, 4.69) is 5.32 Å². The third kappa shape index (κ3) is 3.37. The van der Waals surface area contributed by atoms with E-state index in [0.29, 0.717) is 12.3 Å². The van der Waals surface area contributed by atoms with Gasteiger partial charge in [0.2, 0.25) is 5.91 Å². The van der Waals surface area contributed by atoms with E-state index in [-0.39, 0.29) is 23.1 Å². The minimum atomic E-state index is -0.362. The van der Waals surface area contributed by atoms with Gasteiger partial charge in [0.25, 0.3) is 0 Å². The van der Waals surface area contributed by atoms with Crippen LogP contribution in [-0.4, -0.2) is 17.7 Å². The lowest BCUT2D eigenvalue weighted by Crippen LogP contribution is -2.48. The smallest absolute Gasteiger partial charge is 0.220 e. The number of hydrogen-bond acceptors (Lipinski definition) is 2. The molecule has 3 heteroatoms. The van der Waals surface area contributed by atoms with E-state index in [9.17, 15) is 9.59 Å². The van der Waals surface area contributed by atoms with E-state index in [0.717, 1.165) is 11.8 Å². The van der Waals surface area contributed by atoms with Crippen molar-refractivity contribution in [2.45, 2.75) is 65.8 Å². The molecule has 0 heterocycles. The molecule has 2 aliphatic rings. The lowest BCUT2D eigenvalue weighted by molar-refractivity contribution is -0.129. The third-order valence-electron chi connectivity index (χ3n) is 4.91. The first-order valence-corrected chi connectivity index (χ1v) is 7.57. The molecule has 108 valence electrons. The number of amides is 1. The molecule has 0 aromatic carbocycles. The Morgan fingerprint density at radius 2 is 1.89 bits per heavy atom. The fourth-order valence-corrected chi connectivity index (χ4v) is 4.01. The summed E-state index contributed by atoms with van der Waals surface area (Å²) >= 11 is 0. The molecule has 0 aliphatic heterocycles. The van der Waals surface area contributed by atoms with Crippen LogP contribution in [0, 0.1) is 23.2 Å². The SMILES string of the molecule is CC(=O)[C@@H](NC(=O)C[C@H]1CC2CCC1C2)C(C)(C)C. The molecule has 2 rings (SSSR count). The van der Waals surface area contributed by atoms with Crippen LogP contribution in [0.5, 0.6) is 0 Å². The molecule has 19 heavy (non-hydrogen) atoms. The Kier molecular flexibility index (Phi) is 4.03. The van der Waals surface area contributed by atoms with Crippen LogP contribution in [0.4, 0.5) is 0 Å². The van der Waals surface area contributed by atoms with Crippen LogP contribution < -0.4 is 5.32 Å². The van der Waals surface area contributed by atoms with Gasteiger partial charge in [-0.15, -0.1) is 0 Å². The second-order valence-electron chi connectivity index (χ2n) is 7.62. The predicted molar refractivity (Wildman–Crippen MR) is 75.6 cm³/mol. The first kappa shape index (κ1) is 14.5. The van der Waals surface area contributed by atoms with Gasteiger partial charge in [0, 0.05) is 6.42 Å². The van der Waals surface area contributed by atoms with Gasteiger partial charge in [0.05, 0.1) is 6.04 Å². The Hall–Kier alpha value is -0.860. The minimum absolute atomic E-state index is 0.0498. The van der Waals surface area contributed by atoms with Gasteiger partial charge in [0.1, 0.15) is 0 Å². The maximum atomic E-state index is 12.2. The largest absolute Gasteiger partial charge is 0.346 e. The molecule has 0 aromatic rings. The van der Waals surface area contributed by atoms with E-state index in [1.165, 1.54) is 25.7 Å². The molecule has 2 aliphatic carbocycles. The summed E-state index contributed by atoms with van der Waals surface area (Å²) in [4.78, 5) is 23.8. The number of fused-ring (bicyclic) bond motifs is 2. The van der Waals surface area contributed by atoms with Crippen molar-refractivity contribution in [3.8, 4) is 0 Å². The van der Waals surface area contributed by atoms with Gasteiger partial charge in [-0.1, -0.05) is 27.2 Å². The monoisotopic (exact) mass is 265 g/mol. The van der Waals surface area contributed by atoms with Crippen molar-refractivity contribution < 1.29 is 9.59 Å². The number of Topliss-reactive ketones (excluding diaryl/α,β-unsaturated/α-hetero) is 1. The van der Waals surface area contributed by atoms with Crippen LogP contribution in [-0.2, 0) is 9.59 Å². The van der Waals surface area contributed by atoms with Gasteiger partial charge in [-0.3, -0.25) is 9.59 Å². The zero-order chi connectivity index (χ0) is 14.2. The first-order valence-electron chi connectivity index (χ1n) is 7.57. The highest BCUT2D eigenvalue weighted by molar-refractivity contribution is 5.88. The first-order chi connectivity index (χ1) is 8.77. The van der Waals surface area contributed by atoms with Crippen molar-refractivity contribution in [1.29, 1.82) is 0 Å². The zero-order valence-corrected chi connectivity index (χ0v) is 12.7. The van der Waals surface area contributed by atoms with Crippen molar-refractivity contribution in [2.24, 2.45) is 23.2 Å². The summed E-state index contributed by atoms with van der Waals surface area (Å²) < 4.78 is 0. The number of ketones is 1. The highest BCUT2D eigenvalue weighted by atomic mass is 16.2. The molecule has 2 unspecified atom stereocenters. The average molecular weight is 265 g/mol. The van der Waals surface area contributed by atoms with Gasteiger partial charge < -0.3 is 5.32 Å². The molecule has 2 fully saturated rings. The molecule has 0 saturated heterocycles.